The highest BCUT2D eigenvalue weighted by Gasteiger charge is 2.02. The van der Waals surface area contributed by atoms with Gasteiger partial charge in [0.25, 0.3) is 0 Å². The average Bonchev–Trinajstić information content (AvgIpc) is 2.35. The number of aromatic hydroxyl groups is 2. The molecule has 0 bridgehead atoms. The predicted octanol–water partition coefficient (Wildman–Crippen LogP) is 2.25. The molecule has 2 nitrogen and oxygen atoms in total. The fraction of sp³-hybridized carbons (Fsp3) is 0. The fourth-order valence-electron chi connectivity index (χ4n) is 0.883. The first-order valence-electron chi connectivity index (χ1n) is 6.20. The second-order valence-electron chi connectivity index (χ2n) is 2.20. The fourth-order valence-corrected chi connectivity index (χ4v) is 0.883. The summed E-state index contributed by atoms with van der Waals surface area (Å²) in [4.78, 5) is 0. The van der Waals surface area contributed by atoms with Crippen molar-refractivity contribution >= 4 is 10.8 Å². The summed E-state index contributed by atoms with van der Waals surface area (Å²) >= 11 is 0. The van der Waals surface area contributed by atoms with Gasteiger partial charge >= 0.3 is 0 Å². The third kappa shape index (κ3) is 0.889. The summed E-state index contributed by atoms with van der Waals surface area (Å²) in [6.07, 6.45) is 0. The normalized spacial score (nSPS) is 17.3. The second-order valence-corrected chi connectivity index (χ2v) is 2.20. The molecule has 0 saturated carbocycles. The van der Waals surface area contributed by atoms with E-state index in [2.05, 4.69) is 0 Å². The van der Waals surface area contributed by atoms with Crippen LogP contribution >= 0.6 is 0 Å². The quantitative estimate of drug-likeness (QED) is 0.589. The summed E-state index contributed by atoms with van der Waals surface area (Å²) in [5, 5.41) is 18.5. The Bertz CT molecular complexity index is 569. The Morgan fingerprint density at radius 2 is 1.75 bits per heavy atom. The van der Waals surface area contributed by atoms with Crippen molar-refractivity contribution in [1.82, 2.24) is 0 Å². The van der Waals surface area contributed by atoms with Gasteiger partial charge in [-0.3, -0.25) is 0 Å². The van der Waals surface area contributed by atoms with Gasteiger partial charge in [-0.05, 0) is 11.4 Å². The van der Waals surface area contributed by atoms with Gasteiger partial charge < -0.3 is 10.2 Å². The number of hydrogen-bond acceptors (Lipinski definition) is 2. The second kappa shape index (κ2) is 2.41. The molecule has 0 saturated heterocycles. The van der Waals surface area contributed by atoms with Gasteiger partial charge in [0.05, 0.1) is 8.22 Å². The van der Waals surface area contributed by atoms with Crippen molar-refractivity contribution in [3.8, 4) is 11.5 Å². The van der Waals surface area contributed by atoms with Crippen molar-refractivity contribution in [2.24, 2.45) is 0 Å². The smallest absolute Gasteiger partial charge is 0.165 e. The van der Waals surface area contributed by atoms with Crippen molar-refractivity contribution in [1.29, 1.82) is 0 Å². The molecular weight excluding hydrogens is 152 g/mol. The maximum absolute atomic E-state index is 9.68. The zero-order valence-electron chi connectivity index (χ0n) is 11.9. The van der Waals surface area contributed by atoms with Gasteiger partial charge in [0.15, 0.2) is 11.5 Å². The van der Waals surface area contributed by atoms with E-state index >= 15 is 0 Å². The lowest BCUT2D eigenvalue weighted by Gasteiger charge is -2.01. The molecule has 0 spiro atoms. The minimum atomic E-state index is -0.863. The van der Waals surface area contributed by atoms with Gasteiger partial charge in [-0.25, -0.2) is 0 Å². The molecule has 0 aliphatic heterocycles. The molecule has 0 amide bonds. The summed E-state index contributed by atoms with van der Waals surface area (Å²) in [7, 11) is 0. The van der Waals surface area contributed by atoms with Crippen molar-refractivity contribution in [2.45, 2.75) is 0 Å². The van der Waals surface area contributed by atoms with E-state index in [1.54, 1.807) is 0 Å². The Morgan fingerprint density at radius 1 is 1.00 bits per heavy atom. The monoisotopic (exact) mass is 166 g/mol. The standard InChI is InChI=1S/C10H8O2/c11-9-6-5-7-3-1-2-4-8(7)10(9)12/h1-6,11-12H/i1D,2D,3D,4D,5D,6D. The maximum atomic E-state index is 9.68. The van der Waals surface area contributed by atoms with Crippen LogP contribution in [0.2, 0.25) is 0 Å². The largest absolute Gasteiger partial charge is 0.504 e. The van der Waals surface area contributed by atoms with Crippen LogP contribution in [0.1, 0.15) is 8.22 Å². The van der Waals surface area contributed by atoms with E-state index in [1.807, 2.05) is 0 Å². The molecule has 0 fully saturated rings. The van der Waals surface area contributed by atoms with Crippen LogP contribution in [-0.2, 0) is 0 Å². The molecule has 2 N–H and O–H groups in total. The molecule has 12 heavy (non-hydrogen) atoms. The highest BCUT2D eigenvalue weighted by atomic mass is 16.3. The summed E-state index contributed by atoms with van der Waals surface area (Å²) in [6.45, 7) is 0. The topological polar surface area (TPSA) is 40.5 Å². The van der Waals surface area contributed by atoms with Crippen molar-refractivity contribution in [3.63, 3.8) is 0 Å². The van der Waals surface area contributed by atoms with E-state index in [0.29, 0.717) is 0 Å². The number of benzene rings is 2. The van der Waals surface area contributed by atoms with Crippen LogP contribution in [0.15, 0.2) is 36.3 Å². The van der Waals surface area contributed by atoms with E-state index in [-0.39, 0.29) is 10.8 Å². The Hall–Kier alpha value is -1.70. The summed E-state index contributed by atoms with van der Waals surface area (Å²) in [5.41, 5.74) is 0. The van der Waals surface area contributed by atoms with Crippen LogP contribution in [0.25, 0.3) is 10.8 Å². The van der Waals surface area contributed by atoms with E-state index in [1.165, 1.54) is 0 Å². The van der Waals surface area contributed by atoms with E-state index < -0.39 is 47.8 Å². The van der Waals surface area contributed by atoms with Gasteiger partial charge in [-0.2, -0.15) is 0 Å². The average molecular weight is 166 g/mol. The van der Waals surface area contributed by atoms with Gasteiger partial charge in [0, 0.05) is 5.39 Å². The highest BCUT2D eigenvalue weighted by Crippen LogP contribution is 2.32. The molecule has 0 aliphatic rings. The number of rotatable bonds is 0. The lowest BCUT2D eigenvalue weighted by atomic mass is 10.1. The molecule has 0 atom stereocenters. The van der Waals surface area contributed by atoms with Crippen molar-refractivity contribution in [2.75, 3.05) is 0 Å². The van der Waals surface area contributed by atoms with Crippen LogP contribution in [0.4, 0.5) is 0 Å². The Balaban J connectivity index is 3.22. The Morgan fingerprint density at radius 3 is 2.58 bits per heavy atom. The number of phenols is 2. The molecular formula is C10H8O2. The predicted molar refractivity (Wildman–Crippen MR) is 47.3 cm³/mol. The summed E-state index contributed by atoms with van der Waals surface area (Å²) in [5.74, 6) is -1.67. The van der Waals surface area contributed by atoms with E-state index in [4.69, 9.17) is 8.22 Å². The molecule has 2 rings (SSSR count). The molecule has 2 aromatic carbocycles. The minimum Gasteiger partial charge on any atom is -0.504 e. The Labute approximate surface area is 78.1 Å². The SMILES string of the molecule is [2H]c1c([2H])c([2H])c2c(O)c(O)c([2H])c([2H])c2c1[2H]. The van der Waals surface area contributed by atoms with Crippen molar-refractivity contribution < 1.29 is 18.4 Å². The molecule has 0 aliphatic carbocycles. The number of fused-ring (bicyclic) bond motifs is 1. The molecule has 2 aromatic rings. The number of hydrogen-bond donors (Lipinski definition) is 2. The van der Waals surface area contributed by atoms with E-state index in [0.717, 1.165) is 0 Å². The molecule has 60 valence electrons. The van der Waals surface area contributed by atoms with Gasteiger partial charge in [-0.1, -0.05) is 30.2 Å². The zero-order chi connectivity index (χ0) is 13.8. The van der Waals surface area contributed by atoms with Crippen LogP contribution in [0, 0.1) is 0 Å². The van der Waals surface area contributed by atoms with Gasteiger partial charge in [0.2, 0.25) is 0 Å². The summed E-state index contributed by atoms with van der Waals surface area (Å²) < 4.78 is 45.2. The lowest BCUT2D eigenvalue weighted by molar-refractivity contribution is 0.408. The first-order valence-corrected chi connectivity index (χ1v) is 3.20. The Kier molecular flexibility index (Phi) is 0.598. The maximum Gasteiger partial charge on any atom is 0.165 e. The van der Waals surface area contributed by atoms with Crippen LogP contribution < -0.4 is 0 Å². The minimum absolute atomic E-state index is 0.277. The number of phenolic OH excluding ortho intramolecular Hbond substituents is 2. The first-order chi connectivity index (χ1) is 8.29. The lowest BCUT2D eigenvalue weighted by Crippen LogP contribution is -1.73. The van der Waals surface area contributed by atoms with Crippen LogP contribution in [0.5, 0.6) is 11.5 Å². The van der Waals surface area contributed by atoms with Crippen LogP contribution in [0.3, 0.4) is 0 Å². The van der Waals surface area contributed by atoms with E-state index in [9.17, 15) is 10.2 Å². The molecule has 0 unspecified atom stereocenters. The van der Waals surface area contributed by atoms with Gasteiger partial charge in [-0.15, -0.1) is 0 Å². The zero-order valence-corrected chi connectivity index (χ0v) is 5.89. The third-order valence-corrected chi connectivity index (χ3v) is 1.45. The molecule has 0 aromatic heterocycles. The summed E-state index contributed by atoms with van der Waals surface area (Å²) in [6, 6.07) is -3.41. The molecule has 0 heterocycles. The highest BCUT2D eigenvalue weighted by molar-refractivity contribution is 5.90. The van der Waals surface area contributed by atoms with Crippen molar-refractivity contribution in [3.05, 3.63) is 36.3 Å². The van der Waals surface area contributed by atoms with Crippen LogP contribution in [-0.4, -0.2) is 10.2 Å². The molecule has 0 radical (unpaired) electrons. The third-order valence-electron chi connectivity index (χ3n) is 1.45. The first kappa shape index (κ1) is 2.98. The van der Waals surface area contributed by atoms with Gasteiger partial charge in [0.1, 0.15) is 0 Å². The molecule has 2 heteroatoms.